The van der Waals surface area contributed by atoms with Gasteiger partial charge in [-0.2, -0.15) is 0 Å². The predicted octanol–water partition coefficient (Wildman–Crippen LogP) is 8.48. The summed E-state index contributed by atoms with van der Waals surface area (Å²) in [6, 6.07) is 46.3. The molecule has 1 aliphatic carbocycles. The van der Waals surface area contributed by atoms with Crippen molar-refractivity contribution in [3.05, 3.63) is 154 Å². The van der Waals surface area contributed by atoms with Crippen molar-refractivity contribution >= 4 is 15.9 Å². The summed E-state index contributed by atoms with van der Waals surface area (Å²) in [4.78, 5) is 0. The summed E-state index contributed by atoms with van der Waals surface area (Å²) in [5, 5.41) is 0. The van der Waals surface area contributed by atoms with E-state index in [-0.39, 0.29) is 5.41 Å². The highest BCUT2D eigenvalue weighted by Gasteiger charge is 2.45. The predicted molar refractivity (Wildman–Crippen MR) is 137 cm³/mol. The Labute approximate surface area is 197 Å². The van der Waals surface area contributed by atoms with Crippen LogP contribution in [0.2, 0.25) is 0 Å². The van der Waals surface area contributed by atoms with E-state index in [0.717, 1.165) is 4.47 Å². The Morgan fingerprint density at radius 1 is 0.438 bits per heavy atom. The van der Waals surface area contributed by atoms with Gasteiger partial charge in [-0.3, -0.25) is 0 Å². The average Bonchev–Trinajstić information content (AvgIpc) is 3.16. The van der Waals surface area contributed by atoms with Crippen molar-refractivity contribution < 1.29 is 0 Å². The number of benzene rings is 5. The van der Waals surface area contributed by atoms with Gasteiger partial charge in [0.1, 0.15) is 0 Å². The summed E-state index contributed by atoms with van der Waals surface area (Å²) < 4.78 is 1.09. The topological polar surface area (TPSA) is 0 Å². The zero-order valence-corrected chi connectivity index (χ0v) is 19.1. The molecule has 0 saturated carbocycles. The molecule has 0 nitrogen and oxygen atoms in total. The molecule has 5 aromatic rings. The third kappa shape index (κ3) is 2.82. The van der Waals surface area contributed by atoms with E-state index in [1.54, 1.807) is 0 Å². The summed E-state index contributed by atoms with van der Waals surface area (Å²) >= 11 is 3.64. The van der Waals surface area contributed by atoms with Crippen molar-refractivity contribution in [2.24, 2.45) is 0 Å². The van der Waals surface area contributed by atoms with Gasteiger partial charge in [-0.05, 0) is 62.7 Å². The van der Waals surface area contributed by atoms with Gasteiger partial charge in [-0.15, -0.1) is 0 Å². The monoisotopic (exact) mass is 472 g/mol. The van der Waals surface area contributed by atoms with Crippen LogP contribution in [-0.2, 0) is 5.41 Å². The minimum atomic E-state index is -0.351. The molecule has 1 heteroatoms. The normalized spacial score (nSPS) is 13.4. The fraction of sp³-hybridized carbons (Fsp3) is 0.0323. The maximum Gasteiger partial charge on any atom is 0.0713 e. The first-order chi connectivity index (χ1) is 15.8. The molecular weight excluding hydrogens is 452 g/mol. The smallest absolute Gasteiger partial charge is 0.0622 e. The zero-order chi connectivity index (χ0) is 21.5. The van der Waals surface area contributed by atoms with Gasteiger partial charge in [0.05, 0.1) is 5.41 Å². The van der Waals surface area contributed by atoms with E-state index in [1.807, 2.05) is 0 Å². The Kier molecular flexibility index (Phi) is 4.59. The van der Waals surface area contributed by atoms with Gasteiger partial charge in [0.15, 0.2) is 0 Å². The molecule has 0 bridgehead atoms. The van der Waals surface area contributed by atoms with Crippen molar-refractivity contribution in [3.8, 4) is 22.3 Å². The maximum atomic E-state index is 3.64. The summed E-state index contributed by atoms with van der Waals surface area (Å²) in [5.41, 5.74) is 10.0. The molecule has 0 aliphatic heterocycles. The lowest BCUT2D eigenvalue weighted by molar-refractivity contribution is 0.769. The molecule has 32 heavy (non-hydrogen) atoms. The Bertz CT molecular complexity index is 1380. The van der Waals surface area contributed by atoms with E-state index in [0.29, 0.717) is 0 Å². The summed E-state index contributed by atoms with van der Waals surface area (Å²) in [6.45, 7) is 0. The van der Waals surface area contributed by atoms with Crippen molar-refractivity contribution in [2.45, 2.75) is 5.41 Å². The standard InChI is InChI=1S/C31H21Br/c32-26-15-9-10-22(20-26)23-18-19-28-27-16-7-8-17-29(27)31(30(28)21-23,24-11-3-1-4-12-24)25-13-5-2-6-14-25/h1-21H. The minimum Gasteiger partial charge on any atom is -0.0622 e. The van der Waals surface area contributed by atoms with Gasteiger partial charge < -0.3 is 0 Å². The largest absolute Gasteiger partial charge is 0.0713 e. The molecule has 0 unspecified atom stereocenters. The van der Waals surface area contributed by atoms with E-state index in [2.05, 4.69) is 143 Å². The SMILES string of the molecule is Brc1cccc(-c2ccc3c(c2)C(c2ccccc2)(c2ccccc2)c2ccccc2-3)c1. The molecule has 0 fully saturated rings. The first-order valence-electron chi connectivity index (χ1n) is 10.9. The Balaban J connectivity index is 1.73. The second kappa shape index (κ2) is 7.62. The molecule has 1 aliphatic rings. The number of halogens is 1. The molecule has 152 valence electrons. The number of hydrogen-bond donors (Lipinski definition) is 0. The van der Waals surface area contributed by atoms with Crippen LogP contribution in [0.3, 0.4) is 0 Å². The zero-order valence-electron chi connectivity index (χ0n) is 17.5. The second-order valence-corrected chi connectivity index (χ2v) is 9.21. The first kappa shape index (κ1) is 19.3. The Morgan fingerprint density at radius 3 is 1.72 bits per heavy atom. The van der Waals surface area contributed by atoms with Gasteiger partial charge >= 0.3 is 0 Å². The van der Waals surface area contributed by atoms with Gasteiger partial charge in [0, 0.05) is 4.47 Å². The second-order valence-electron chi connectivity index (χ2n) is 8.30. The molecule has 0 aromatic heterocycles. The molecule has 0 radical (unpaired) electrons. The third-order valence-electron chi connectivity index (χ3n) is 6.62. The summed E-state index contributed by atoms with van der Waals surface area (Å²) in [6.07, 6.45) is 0. The third-order valence-corrected chi connectivity index (χ3v) is 7.11. The quantitative estimate of drug-likeness (QED) is 0.242. The fourth-order valence-corrected chi connectivity index (χ4v) is 5.69. The molecule has 0 saturated heterocycles. The van der Waals surface area contributed by atoms with Gasteiger partial charge in [-0.25, -0.2) is 0 Å². The van der Waals surface area contributed by atoms with Crippen molar-refractivity contribution in [1.29, 1.82) is 0 Å². The molecular formula is C31H21Br. The molecule has 6 rings (SSSR count). The molecule has 0 spiro atoms. The number of hydrogen-bond acceptors (Lipinski definition) is 0. The molecule has 0 amide bonds. The van der Waals surface area contributed by atoms with Crippen LogP contribution in [0.15, 0.2) is 132 Å². The Morgan fingerprint density at radius 2 is 1.03 bits per heavy atom. The van der Waals surface area contributed by atoms with E-state index >= 15 is 0 Å². The highest BCUT2D eigenvalue weighted by Crippen LogP contribution is 2.56. The van der Waals surface area contributed by atoms with Crippen LogP contribution in [0.25, 0.3) is 22.3 Å². The van der Waals surface area contributed by atoms with Crippen LogP contribution < -0.4 is 0 Å². The van der Waals surface area contributed by atoms with E-state index in [1.165, 1.54) is 44.5 Å². The van der Waals surface area contributed by atoms with Crippen LogP contribution >= 0.6 is 15.9 Å². The number of rotatable bonds is 3. The van der Waals surface area contributed by atoms with Crippen LogP contribution in [0.1, 0.15) is 22.3 Å². The highest BCUT2D eigenvalue weighted by molar-refractivity contribution is 9.10. The van der Waals surface area contributed by atoms with Gasteiger partial charge in [0.25, 0.3) is 0 Å². The molecule has 0 heterocycles. The highest BCUT2D eigenvalue weighted by atomic mass is 79.9. The summed E-state index contributed by atoms with van der Waals surface area (Å²) in [7, 11) is 0. The minimum absolute atomic E-state index is 0.351. The van der Waals surface area contributed by atoms with Crippen LogP contribution in [0.5, 0.6) is 0 Å². The number of fused-ring (bicyclic) bond motifs is 3. The van der Waals surface area contributed by atoms with E-state index < -0.39 is 0 Å². The van der Waals surface area contributed by atoms with Crippen molar-refractivity contribution in [3.63, 3.8) is 0 Å². The van der Waals surface area contributed by atoms with Crippen LogP contribution in [-0.4, -0.2) is 0 Å². The lowest BCUT2D eigenvalue weighted by atomic mass is 9.67. The van der Waals surface area contributed by atoms with Crippen LogP contribution in [0, 0.1) is 0 Å². The lowest BCUT2D eigenvalue weighted by Crippen LogP contribution is -2.28. The summed E-state index contributed by atoms with van der Waals surface area (Å²) in [5.74, 6) is 0. The van der Waals surface area contributed by atoms with E-state index in [9.17, 15) is 0 Å². The van der Waals surface area contributed by atoms with Gasteiger partial charge in [-0.1, -0.05) is 125 Å². The Hall–Kier alpha value is -3.42. The lowest BCUT2D eigenvalue weighted by Gasteiger charge is -2.34. The van der Waals surface area contributed by atoms with Crippen LogP contribution in [0.4, 0.5) is 0 Å². The van der Waals surface area contributed by atoms with Crippen molar-refractivity contribution in [1.82, 2.24) is 0 Å². The van der Waals surface area contributed by atoms with Crippen molar-refractivity contribution in [2.75, 3.05) is 0 Å². The van der Waals surface area contributed by atoms with Gasteiger partial charge in [0.2, 0.25) is 0 Å². The first-order valence-corrected chi connectivity index (χ1v) is 11.7. The fourth-order valence-electron chi connectivity index (χ4n) is 5.29. The van der Waals surface area contributed by atoms with E-state index in [4.69, 9.17) is 0 Å². The molecule has 5 aromatic carbocycles. The maximum absolute atomic E-state index is 3.64. The molecule has 0 N–H and O–H groups in total. The average molecular weight is 473 g/mol. The molecule has 0 atom stereocenters.